The molecule has 0 unspecified atom stereocenters. The fourth-order valence-corrected chi connectivity index (χ4v) is 1.72. The molecule has 0 heterocycles. The van der Waals surface area contributed by atoms with Gasteiger partial charge in [0.25, 0.3) is 0 Å². The lowest BCUT2D eigenvalue weighted by atomic mass is 10.1. The molecular weight excluding hydrogens is 234 g/mol. The van der Waals surface area contributed by atoms with Gasteiger partial charge in [0, 0.05) is 5.56 Å². The van der Waals surface area contributed by atoms with Gasteiger partial charge in [0.05, 0.1) is 23.7 Å². The van der Waals surface area contributed by atoms with Gasteiger partial charge >= 0.3 is 5.69 Å². The number of ether oxygens (including phenoxy) is 2. The Labute approximate surface area is 98.1 Å². The van der Waals surface area contributed by atoms with E-state index in [1.54, 1.807) is 13.8 Å². The first-order valence-corrected chi connectivity index (χ1v) is 5.05. The molecule has 0 saturated heterocycles. The molecule has 1 aromatic rings. The molecule has 0 aliphatic heterocycles. The molecule has 0 atom stereocenters. The summed E-state index contributed by atoms with van der Waals surface area (Å²) < 4.78 is 10.2. The predicted molar refractivity (Wildman–Crippen MR) is 60.6 cm³/mol. The predicted octanol–water partition coefficient (Wildman–Crippen LogP) is 2.96. The molecule has 6 heteroatoms. The van der Waals surface area contributed by atoms with Crippen LogP contribution in [0.3, 0.4) is 0 Å². The van der Waals surface area contributed by atoms with Crippen LogP contribution in [0.4, 0.5) is 5.69 Å². The molecule has 1 rings (SSSR count). The number of hydrogen-bond acceptors (Lipinski definition) is 4. The third-order valence-electron chi connectivity index (χ3n) is 2.03. The average Bonchev–Trinajstić information content (AvgIpc) is 2.20. The number of halogens is 1. The van der Waals surface area contributed by atoms with Gasteiger partial charge < -0.3 is 9.47 Å². The minimum atomic E-state index is -0.507. The smallest absolute Gasteiger partial charge is 0.317 e. The van der Waals surface area contributed by atoms with Crippen LogP contribution in [0.2, 0.25) is 5.02 Å². The summed E-state index contributed by atoms with van der Waals surface area (Å²) in [5, 5.41) is 11.2. The molecule has 0 aliphatic rings. The molecule has 5 nitrogen and oxygen atoms in total. The number of nitro benzene ring substituents is 1. The van der Waals surface area contributed by atoms with E-state index in [1.807, 2.05) is 0 Å². The van der Waals surface area contributed by atoms with E-state index in [0.717, 1.165) is 0 Å². The van der Waals surface area contributed by atoms with Crippen molar-refractivity contribution < 1.29 is 14.4 Å². The summed E-state index contributed by atoms with van der Waals surface area (Å²) in [4.78, 5) is 10.4. The largest absolute Gasteiger partial charge is 0.488 e. The van der Waals surface area contributed by atoms with Crippen molar-refractivity contribution in [1.29, 1.82) is 0 Å². The van der Waals surface area contributed by atoms with Crippen LogP contribution < -0.4 is 9.47 Å². The fourth-order valence-electron chi connectivity index (χ4n) is 1.41. The zero-order valence-corrected chi connectivity index (χ0v) is 10.00. The van der Waals surface area contributed by atoms with Crippen LogP contribution in [0.5, 0.6) is 11.5 Å². The molecule has 88 valence electrons. The van der Waals surface area contributed by atoms with Crippen molar-refractivity contribution in [3.05, 3.63) is 26.8 Å². The van der Waals surface area contributed by atoms with Gasteiger partial charge in [-0.3, -0.25) is 10.1 Å². The first kappa shape index (κ1) is 12.6. The van der Waals surface area contributed by atoms with Crippen LogP contribution in [-0.2, 0) is 0 Å². The molecule has 0 aliphatic carbocycles. The molecule has 0 aromatic heterocycles. The second-order valence-corrected chi connectivity index (χ2v) is 3.48. The van der Waals surface area contributed by atoms with E-state index in [2.05, 4.69) is 0 Å². The minimum Gasteiger partial charge on any atom is -0.488 e. The Morgan fingerprint density at radius 2 is 2.12 bits per heavy atom. The van der Waals surface area contributed by atoms with Gasteiger partial charge in [0.2, 0.25) is 5.75 Å². The quantitative estimate of drug-likeness (QED) is 0.604. The Kier molecular flexibility index (Phi) is 3.95. The summed E-state index contributed by atoms with van der Waals surface area (Å²) in [7, 11) is 1.35. The lowest BCUT2D eigenvalue weighted by Gasteiger charge is -2.12. The van der Waals surface area contributed by atoms with E-state index >= 15 is 0 Å². The number of rotatable bonds is 4. The van der Waals surface area contributed by atoms with Gasteiger partial charge in [-0.25, -0.2) is 0 Å². The van der Waals surface area contributed by atoms with E-state index < -0.39 is 4.92 Å². The normalized spacial score (nSPS) is 10.0. The van der Waals surface area contributed by atoms with Gasteiger partial charge in [0.15, 0.2) is 5.75 Å². The highest BCUT2D eigenvalue weighted by atomic mass is 35.5. The Balaban J connectivity index is 3.49. The van der Waals surface area contributed by atoms with E-state index in [9.17, 15) is 10.1 Å². The van der Waals surface area contributed by atoms with Crippen LogP contribution in [0.15, 0.2) is 6.07 Å². The maximum Gasteiger partial charge on any atom is 0.317 e. The zero-order valence-electron chi connectivity index (χ0n) is 9.24. The van der Waals surface area contributed by atoms with E-state index in [0.29, 0.717) is 17.2 Å². The van der Waals surface area contributed by atoms with Crippen LogP contribution in [0, 0.1) is 17.0 Å². The monoisotopic (exact) mass is 245 g/mol. The highest BCUT2D eigenvalue weighted by Crippen LogP contribution is 2.44. The third kappa shape index (κ3) is 2.19. The van der Waals surface area contributed by atoms with Crippen molar-refractivity contribution in [1.82, 2.24) is 0 Å². The molecule has 0 amide bonds. The summed E-state index contributed by atoms with van der Waals surface area (Å²) in [6, 6.07) is 1.49. The van der Waals surface area contributed by atoms with Crippen molar-refractivity contribution in [2.45, 2.75) is 13.8 Å². The summed E-state index contributed by atoms with van der Waals surface area (Å²) in [5.41, 5.74) is 0.325. The zero-order chi connectivity index (χ0) is 12.3. The Bertz CT molecular complexity index is 420. The standard InChI is InChI=1S/C10H12ClNO4/c1-4-16-9-7(11)5-6(2)8(12(13)14)10(9)15-3/h5H,4H2,1-3H3. The summed E-state index contributed by atoms with van der Waals surface area (Å²) in [5.74, 6) is 0.279. The lowest BCUT2D eigenvalue weighted by molar-refractivity contribution is -0.386. The molecule has 0 saturated carbocycles. The third-order valence-corrected chi connectivity index (χ3v) is 2.31. The van der Waals surface area contributed by atoms with Crippen LogP contribution in [0.1, 0.15) is 12.5 Å². The fraction of sp³-hybridized carbons (Fsp3) is 0.400. The molecule has 0 N–H and O–H groups in total. The van der Waals surface area contributed by atoms with Gasteiger partial charge in [-0.1, -0.05) is 11.6 Å². The van der Waals surface area contributed by atoms with Crippen LogP contribution >= 0.6 is 11.6 Å². The van der Waals surface area contributed by atoms with Gasteiger partial charge in [0.1, 0.15) is 0 Å². The number of benzene rings is 1. The maximum absolute atomic E-state index is 10.9. The van der Waals surface area contributed by atoms with Crippen molar-refractivity contribution in [2.75, 3.05) is 13.7 Å². The number of nitrogens with zero attached hydrogens (tertiary/aromatic N) is 1. The van der Waals surface area contributed by atoms with Crippen molar-refractivity contribution >= 4 is 17.3 Å². The highest BCUT2D eigenvalue weighted by Gasteiger charge is 2.25. The summed E-state index contributed by atoms with van der Waals surface area (Å²) in [6.07, 6.45) is 0. The molecule has 0 spiro atoms. The molecule has 0 bridgehead atoms. The first-order chi connectivity index (χ1) is 7.52. The molecule has 0 fully saturated rings. The van der Waals surface area contributed by atoms with Gasteiger partial charge in [-0.2, -0.15) is 0 Å². The molecular formula is C10H12ClNO4. The van der Waals surface area contributed by atoms with Crippen molar-refractivity contribution in [3.8, 4) is 11.5 Å². The summed E-state index contributed by atoms with van der Waals surface area (Å²) >= 11 is 5.94. The number of hydrogen-bond donors (Lipinski definition) is 0. The van der Waals surface area contributed by atoms with Crippen LogP contribution in [-0.4, -0.2) is 18.6 Å². The van der Waals surface area contributed by atoms with E-state index in [-0.39, 0.29) is 17.2 Å². The SMILES string of the molecule is CCOc1c(Cl)cc(C)c([N+](=O)[O-])c1OC. The summed E-state index contributed by atoms with van der Waals surface area (Å²) in [6.45, 7) is 3.72. The first-order valence-electron chi connectivity index (χ1n) is 4.67. The topological polar surface area (TPSA) is 61.6 Å². The number of methoxy groups -OCH3 is 1. The van der Waals surface area contributed by atoms with Crippen LogP contribution in [0.25, 0.3) is 0 Å². The Hall–Kier alpha value is -1.49. The molecule has 16 heavy (non-hydrogen) atoms. The van der Waals surface area contributed by atoms with Gasteiger partial charge in [-0.05, 0) is 19.9 Å². The Morgan fingerprint density at radius 1 is 1.50 bits per heavy atom. The second-order valence-electron chi connectivity index (χ2n) is 3.08. The Morgan fingerprint density at radius 3 is 2.56 bits per heavy atom. The lowest BCUT2D eigenvalue weighted by Crippen LogP contribution is -2.01. The minimum absolute atomic E-state index is 0.0665. The van der Waals surface area contributed by atoms with Crippen molar-refractivity contribution in [3.63, 3.8) is 0 Å². The number of aryl methyl sites for hydroxylation is 1. The highest BCUT2D eigenvalue weighted by molar-refractivity contribution is 6.32. The second kappa shape index (κ2) is 5.03. The average molecular weight is 246 g/mol. The molecule has 0 radical (unpaired) electrons. The van der Waals surface area contributed by atoms with E-state index in [4.69, 9.17) is 21.1 Å². The molecule has 1 aromatic carbocycles. The van der Waals surface area contributed by atoms with E-state index in [1.165, 1.54) is 13.2 Å². The van der Waals surface area contributed by atoms with Gasteiger partial charge in [-0.15, -0.1) is 0 Å². The maximum atomic E-state index is 10.9. The number of nitro groups is 1. The van der Waals surface area contributed by atoms with Crippen molar-refractivity contribution in [2.24, 2.45) is 0 Å².